The quantitative estimate of drug-likeness (QED) is 0.791. The summed E-state index contributed by atoms with van der Waals surface area (Å²) in [6.07, 6.45) is 2.60. The first kappa shape index (κ1) is 17.0. The van der Waals surface area contributed by atoms with Gasteiger partial charge in [-0.1, -0.05) is 13.8 Å². The number of nitrogens with zero attached hydrogens (tertiary/aromatic N) is 4. The number of aromatic nitrogens is 2. The zero-order valence-corrected chi connectivity index (χ0v) is 15.4. The summed E-state index contributed by atoms with van der Waals surface area (Å²) in [4.78, 5) is 25.3. The molecular weight excluding hydrogens is 304 g/mol. The van der Waals surface area contributed by atoms with Gasteiger partial charge in [-0.25, -0.2) is 14.8 Å². The summed E-state index contributed by atoms with van der Waals surface area (Å²) in [5.41, 5.74) is 2.05. The minimum absolute atomic E-state index is 0.225. The van der Waals surface area contributed by atoms with Crippen molar-refractivity contribution in [2.45, 2.75) is 58.5 Å². The highest BCUT2D eigenvalue weighted by Crippen LogP contribution is 2.43. The molecule has 0 spiro atoms. The van der Waals surface area contributed by atoms with Gasteiger partial charge in [-0.2, -0.15) is 0 Å². The number of rotatable bonds is 1. The molecule has 1 aromatic heterocycles. The average molecular weight is 332 g/mol. The van der Waals surface area contributed by atoms with Crippen LogP contribution in [0.15, 0.2) is 6.33 Å². The molecule has 6 heteroatoms. The van der Waals surface area contributed by atoms with E-state index in [0.717, 1.165) is 25.3 Å². The minimum Gasteiger partial charge on any atom is -0.444 e. The number of hydrogen-bond donors (Lipinski definition) is 0. The summed E-state index contributed by atoms with van der Waals surface area (Å²) in [5, 5.41) is 0. The van der Waals surface area contributed by atoms with Gasteiger partial charge in [0.1, 0.15) is 17.7 Å². The van der Waals surface area contributed by atoms with Crippen molar-refractivity contribution in [2.24, 2.45) is 0 Å². The van der Waals surface area contributed by atoms with Crippen LogP contribution in [-0.2, 0) is 4.74 Å². The fourth-order valence-corrected chi connectivity index (χ4v) is 3.70. The van der Waals surface area contributed by atoms with Gasteiger partial charge in [0.2, 0.25) is 0 Å². The van der Waals surface area contributed by atoms with E-state index in [-0.39, 0.29) is 6.09 Å². The van der Waals surface area contributed by atoms with Crippen molar-refractivity contribution in [3.8, 4) is 0 Å². The summed E-state index contributed by atoms with van der Waals surface area (Å²) < 4.78 is 5.47. The molecule has 132 valence electrons. The summed E-state index contributed by atoms with van der Waals surface area (Å²) in [5.74, 6) is 2.05. The predicted octanol–water partition coefficient (Wildman–Crippen LogP) is 3.14. The lowest BCUT2D eigenvalue weighted by molar-refractivity contribution is 0.0240. The van der Waals surface area contributed by atoms with Gasteiger partial charge < -0.3 is 14.5 Å². The van der Waals surface area contributed by atoms with E-state index in [0.29, 0.717) is 24.9 Å². The molecule has 1 saturated heterocycles. The maximum Gasteiger partial charge on any atom is 0.410 e. The molecule has 0 bridgehead atoms. The van der Waals surface area contributed by atoms with Crippen molar-refractivity contribution < 1.29 is 9.53 Å². The summed E-state index contributed by atoms with van der Waals surface area (Å²) in [6, 6.07) is 0. The first-order chi connectivity index (χ1) is 11.3. The fourth-order valence-electron chi connectivity index (χ4n) is 3.70. The first-order valence-electron chi connectivity index (χ1n) is 8.84. The number of carbonyl (C=O) groups excluding carboxylic acids is 1. The summed E-state index contributed by atoms with van der Waals surface area (Å²) >= 11 is 0. The van der Waals surface area contributed by atoms with Gasteiger partial charge in [-0.05, 0) is 39.0 Å². The Morgan fingerprint density at radius 1 is 1.12 bits per heavy atom. The smallest absolute Gasteiger partial charge is 0.410 e. The van der Waals surface area contributed by atoms with Crippen LogP contribution in [0.1, 0.15) is 64.1 Å². The van der Waals surface area contributed by atoms with Crippen LogP contribution >= 0.6 is 0 Å². The van der Waals surface area contributed by atoms with Crippen molar-refractivity contribution in [1.29, 1.82) is 0 Å². The summed E-state index contributed by atoms with van der Waals surface area (Å²) in [6.45, 7) is 13.1. The van der Waals surface area contributed by atoms with Gasteiger partial charge in [0.15, 0.2) is 0 Å². The Labute approximate surface area is 144 Å². The molecule has 6 nitrogen and oxygen atoms in total. The van der Waals surface area contributed by atoms with Crippen LogP contribution in [-0.4, -0.2) is 52.7 Å². The maximum atomic E-state index is 12.2. The Morgan fingerprint density at radius 2 is 1.79 bits per heavy atom. The second-order valence-electron chi connectivity index (χ2n) is 7.99. The van der Waals surface area contributed by atoms with Gasteiger partial charge in [0, 0.05) is 31.7 Å². The predicted molar refractivity (Wildman–Crippen MR) is 93.5 cm³/mol. The fraction of sp³-hybridized carbons (Fsp3) is 0.722. The lowest BCUT2D eigenvalue weighted by Crippen LogP contribution is -2.50. The highest BCUT2D eigenvalue weighted by Gasteiger charge is 2.33. The molecule has 1 aromatic rings. The largest absolute Gasteiger partial charge is 0.444 e. The van der Waals surface area contributed by atoms with Crippen molar-refractivity contribution >= 4 is 11.9 Å². The third kappa shape index (κ3) is 3.32. The number of ether oxygens (including phenoxy) is 1. The number of hydrogen-bond acceptors (Lipinski definition) is 5. The molecule has 1 aliphatic carbocycles. The number of carbonyl (C=O) groups is 1. The van der Waals surface area contributed by atoms with E-state index in [1.165, 1.54) is 11.3 Å². The molecule has 3 rings (SSSR count). The molecule has 2 atom stereocenters. The number of anilines is 1. The molecular formula is C18H28N4O2. The normalized spacial score (nSPS) is 24.0. The molecule has 0 aromatic carbocycles. The van der Waals surface area contributed by atoms with Gasteiger partial charge in [-0.15, -0.1) is 0 Å². The molecule has 0 N–H and O–H groups in total. The van der Waals surface area contributed by atoms with Gasteiger partial charge >= 0.3 is 6.09 Å². The van der Waals surface area contributed by atoms with Crippen molar-refractivity contribution in [3.63, 3.8) is 0 Å². The maximum absolute atomic E-state index is 12.2. The Morgan fingerprint density at radius 3 is 2.42 bits per heavy atom. The minimum atomic E-state index is -0.451. The van der Waals surface area contributed by atoms with E-state index in [1.54, 1.807) is 11.2 Å². The highest BCUT2D eigenvalue weighted by molar-refractivity contribution is 5.68. The van der Waals surface area contributed by atoms with Crippen LogP contribution in [0.4, 0.5) is 10.6 Å². The van der Waals surface area contributed by atoms with Crippen LogP contribution in [0.3, 0.4) is 0 Å². The van der Waals surface area contributed by atoms with E-state index < -0.39 is 5.60 Å². The van der Waals surface area contributed by atoms with Gasteiger partial charge in [0.25, 0.3) is 0 Å². The van der Waals surface area contributed by atoms with E-state index in [9.17, 15) is 4.79 Å². The van der Waals surface area contributed by atoms with Crippen LogP contribution in [0.25, 0.3) is 0 Å². The van der Waals surface area contributed by atoms with Crippen molar-refractivity contribution in [1.82, 2.24) is 14.9 Å². The zero-order valence-electron chi connectivity index (χ0n) is 15.4. The Kier molecular flexibility index (Phi) is 4.40. The van der Waals surface area contributed by atoms with Crippen LogP contribution in [0, 0.1) is 0 Å². The summed E-state index contributed by atoms with van der Waals surface area (Å²) in [7, 11) is 0. The molecule has 1 amide bonds. The Balaban J connectivity index is 1.69. The van der Waals surface area contributed by atoms with Crippen molar-refractivity contribution in [3.05, 3.63) is 17.6 Å². The molecule has 1 fully saturated rings. The van der Waals surface area contributed by atoms with Gasteiger partial charge in [0.05, 0.1) is 5.69 Å². The van der Waals surface area contributed by atoms with E-state index in [1.807, 2.05) is 20.8 Å². The highest BCUT2D eigenvalue weighted by atomic mass is 16.6. The van der Waals surface area contributed by atoms with Crippen LogP contribution in [0.2, 0.25) is 0 Å². The molecule has 2 heterocycles. The lowest BCUT2D eigenvalue weighted by Gasteiger charge is -2.37. The van der Waals surface area contributed by atoms with E-state index >= 15 is 0 Å². The van der Waals surface area contributed by atoms with Crippen molar-refractivity contribution in [2.75, 3.05) is 31.1 Å². The topological polar surface area (TPSA) is 58.6 Å². The van der Waals surface area contributed by atoms with Gasteiger partial charge in [-0.3, -0.25) is 0 Å². The zero-order chi connectivity index (χ0) is 17.5. The number of fused-ring (bicyclic) bond motifs is 1. The second-order valence-corrected chi connectivity index (χ2v) is 7.99. The molecule has 1 aliphatic heterocycles. The third-order valence-corrected chi connectivity index (χ3v) is 4.79. The van der Waals surface area contributed by atoms with E-state index in [4.69, 9.17) is 4.74 Å². The molecule has 0 unspecified atom stereocenters. The van der Waals surface area contributed by atoms with Crippen LogP contribution in [0.5, 0.6) is 0 Å². The first-order valence-corrected chi connectivity index (χ1v) is 8.84. The standard InChI is InChI=1S/C18H28N4O2/c1-12-10-13(2)15-14(12)16(20-11-19-15)21-6-8-22(9-7-21)17(23)24-18(3,4)5/h11-13H,6-10H2,1-5H3/t12-,13+/m1/s1. The Bertz CT molecular complexity index is 618. The second kappa shape index (κ2) is 6.22. The molecule has 24 heavy (non-hydrogen) atoms. The third-order valence-electron chi connectivity index (χ3n) is 4.79. The van der Waals surface area contributed by atoms with Crippen LogP contribution < -0.4 is 4.90 Å². The molecule has 0 radical (unpaired) electrons. The van der Waals surface area contributed by atoms with E-state index in [2.05, 4.69) is 28.7 Å². The number of amides is 1. The Hall–Kier alpha value is -1.85. The average Bonchev–Trinajstić information content (AvgIpc) is 2.81. The monoisotopic (exact) mass is 332 g/mol. The molecule has 0 saturated carbocycles. The molecule has 2 aliphatic rings. The number of piperazine rings is 1. The SMILES string of the molecule is C[C@@H]1C[C@H](C)c2ncnc(N3CCN(C(=O)OC(C)(C)C)CC3)c21. The lowest BCUT2D eigenvalue weighted by atomic mass is 10.0.